The number of carbonyl (C=O) groups excluding carboxylic acids is 1. The summed E-state index contributed by atoms with van der Waals surface area (Å²) in [6.07, 6.45) is 0. The van der Waals surface area contributed by atoms with E-state index in [4.69, 9.17) is 33.4 Å². The summed E-state index contributed by atoms with van der Waals surface area (Å²) in [7, 11) is 0. The molecule has 2 aliphatic heterocycles. The van der Waals surface area contributed by atoms with Crippen LogP contribution in [0.25, 0.3) is 0 Å². The van der Waals surface area contributed by atoms with E-state index >= 15 is 0 Å². The Hall–Kier alpha value is -4.18. The number of benzene rings is 4. The van der Waals surface area contributed by atoms with Gasteiger partial charge in [-0.15, -0.1) is 0 Å². The van der Waals surface area contributed by atoms with E-state index < -0.39 is 9.92 Å². The molecule has 0 fully saturated rings. The molecule has 0 amide bonds. The number of hydrogen-bond donors (Lipinski definition) is 0. The van der Waals surface area contributed by atoms with E-state index in [0.29, 0.717) is 27.0 Å². The topological polar surface area (TPSA) is 91.4 Å². The van der Waals surface area contributed by atoms with Gasteiger partial charge >= 0.3 is 0 Å². The summed E-state index contributed by atoms with van der Waals surface area (Å²) in [6.45, 7) is 1.46. The van der Waals surface area contributed by atoms with Crippen LogP contribution in [0.3, 0.4) is 0 Å². The van der Waals surface area contributed by atoms with Crippen molar-refractivity contribution < 1.29 is 9.72 Å². The molecule has 8 nitrogen and oxygen atoms in total. The van der Waals surface area contributed by atoms with E-state index in [1.165, 1.54) is 30.8 Å². The summed E-state index contributed by atoms with van der Waals surface area (Å²) < 4.78 is 0. The number of nitrogens with zero attached hydrogens (tertiary/aromatic N) is 5. The molecule has 2 heterocycles. The van der Waals surface area contributed by atoms with Crippen molar-refractivity contribution in [3.8, 4) is 0 Å². The Labute approximate surface area is 243 Å². The third-order valence-corrected chi connectivity index (χ3v) is 8.51. The molecule has 1 atom stereocenters. The smallest absolute Gasteiger partial charge is 0.269 e. The number of para-hydroxylation sites is 1. The number of non-ortho nitro benzene ring substituents is 1. The molecule has 0 unspecified atom stereocenters. The fourth-order valence-electron chi connectivity index (χ4n) is 4.74. The fourth-order valence-corrected chi connectivity index (χ4v) is 6.41. The first-order valence-electron chi connectivity index (χ1n) is 12.1. The second-order valence-electron chi connectivity index (χ2n) is 9.02. The number of carbonyl (C=O) groups is 1. The van der Waals surface area contributed by atoms with Gasteiger partial charge in [0.15, 0.2) is 10.8 Å². The number of hydrazone groups is 2. The number of Topliss-reactive ketones (excluding diaryl/α,β-unsaturated/α-hetero) is 1. The molecule has 0 aliphatic carbocycles. The van der Waals surface area contributed by atoms with Gasteiger partial charge in [0.05, 0.1) is 21.3 Å². The molecule has 0 bridgehead atoms. The zero-order valence-corrected chi connectivity index (χ0v) is 23.2. The lowest BCUT2D eigenvalue weighted by molar-refractivity contribution is -0.384. The number of nitro benzene ring substituents is 1. The van der Waals surface area contributed by atoms with Gasteiger partial charge in [0, 0.05) is 40.8 Å². The summed E-state index contributed by atoms with van der Waals surface area (Å²) in [5.74, 6) is -0.216. The van der Waals surface area contributed by atoms with Gasteiger partial charge in [-0.2, -0.15) is 10.2 Å². The minimum atomic E-state index is -1.19. The Morgan fingerprint density at radius 3 is 2.20 bits per heavy atom. The monoisotopic (exact) mass is 587 g/mol. The maximum Gasteiger partial charge on any atom is 0.269 e. The molecule has 4 aromatic rings. The van der Waals surface area contributed by atoms with Crippen LogP contribution in [0.4, 0.5) is 17.1 Å². The first-order valence-corrected chi connectivity index (χ1v) is 13.7. The highest BCUT2D eigenvalue weighted by atomic mass is 35.5. The van der Waals surface area contributed by atoms with E-state index in [1.807, 2.05) is 59.6 Å². The average Bonchev–Trinajstić information content (AvgIpc) is 3.37. The number of halogens is 2. The summed E-state index contributed by atoms with van der Waals surface area (Å²) in [5.41, 5.74) is 4.03. The molecule has 4 aromatic carbocycles. The van der Waals surface area contributed by atoms with Crippen LogP contribution < -0.4 is 10.0 Å². The van der Waals surface area contributed by atoms with Crippen molar-refractivity contribution in [1.82, 2.24) is 0 Å². The van der Waals surface area contributed by atoms with E-state index in [-0.39, 0.29) is 16.5 Å². The molecule has 198 valence electrons. The molecule has 0 radical (unpaired) electrons. The SMILES string of the molecule is CC(=O)C1=NN(c2ccc([N+](=O)[O-])cc2)[C@@]2(S1)c1ccccc1C(c1cc(Cl)ccc1Cl)=NN2c1ccccc1. The summed E-state index contributed by atoms with van der Waals surface area (Å²) >= 11 is 14.3. The van der Waals surface area contributed by atoms with Gasteiger partial charge in [0.1, 0.15) is 5.71 Å². The van der Waals surface area contributed by atoms with Gasteiger partial charge in [-0.3, -0.25) is 14.9 Å². The van der Waals surface area contributed by atoms with Crippen molar-refractivity contribution in [2.24, 2.45) is 10.2 Å². The van der Waals surface area contributed by atoms with E-state index in [9.17, 15) is 14.9 Å². The highest BCUT2D eigenvalue weighted by molar-refractivity contribution is 8.17. The minimum absolute atomic E-state index is 0.0553. The number of rotatable bonds is 5. The highest BCUT2D eigenvalue weighted by Crippen LogP contribution is 2.55. The lowest BCUT2D eigenvalue weighted by Gasteiger charge is -2.47. The Bertz CT molecular complexity index is 1730. The summed E-state index contributed by atoms with van der Waals surface area (Å²) in [5, 5.41) is 26.1. The number of nitro groups is 1. The number of fused-ring (bicyclic) bond motifs is 2. The molecule has 0 N–H and O–H groups in total. The molecule has 2 aliphatic rings. The van der Waals surface area contributed by atoms with Crippen molar-refractivity contribution in [3.63, 3.8) is 0 Å². The first kappa shape index (κ1) is 26.1. The predicted octanol–water partition coefficient (Wildman–Crippen LogP) is 7.44. The highest BCUT2D eigenvalue weighted by Gasteiger charge is 2.56. The number of hydrogen-bond acceptors (Lipinski definition) is 8. The summed E-state index contributed by atoms with van der Waals surface area (Å²) in [4.78, 5) is 22.5. The Morgan fingerprint density at radius 1 is 0.850 bits per heavy atom. The molecule has 11 heteroatoms. The van der Waals surface area contributed by atoms with Crippen LogP contribution in [-0.2, 0) is 9.79 Å². The van der Waals surface area contributed by atoms with Crippen LogP contribution in [0.2, 0.25) is 10.0 Å². The standard InChI is InChI=1S/C29H19Cl2N5O3S/c1-18(37)28-33-35(21-12-14-22(15-13-21)36(38)39)29(40-28)25-10-6-5-9-23(25)27(24-17-19(30)11-16-26(24)31)32-34(29)20-7-3-2-4-8-20/h2-17H,1H3/t29-/m1/s1. The van der Waals surface area contributed by atoms with Gasteiger partial charge in [-0.25, -0.2) is 10.0 Å². The average molecular weight is 588 g/mol. The molecular formula is C29H19Cl2N5O3S. The van der Waals surface area contributed by atoms with Gasteiger partial charge in [-0.05, 0) is 54.2 Å². The molecule has 0 saturated heterocycles. The van der Waals surface area contributed by atoms with Crippen LogP contribution in [0.5, 0.6) is 0 Å². The fraction of sp³-hybridized carbons (Fsp3) is 0.0690. The zero-order valence-electron chi connectivity index (χ0n) is 20.9. The molecular weight excluding hydrogens is 569 g/mol. The van der Waals surface area contributed by atoms with Crippen molar-refractivity contribution in [2.75, 3.05) is 10.0 Å². The Morgan fingerprint density at radius 2 is 1.50 bits per heavy atom. The van der Waals surface area contributed by atoms with Crippen molar-refractivity contribution >= 4 is 68.6 Å². The van der Waals surface area contributed by atoms with Crippen molar-refractivity contribution in [1.29, 1.82) is 0 Å². The molecule has 40 heavy (non-hydrogen) atoms. The second kappa shape index (κ2) is 10.1. The van der Waals surface area contributed by atoms with Crippen LogP contribution in [0.1, 0.15) is 23.6 Å². The Balaban J connectivity index is 1.66. The normalized spacial score (nSPS) is 17.9. The van der Waals surface area contributed by atoms with Crippen LogP contribution in [-0.4, -0.2) is 21.5 Å². The predicted molar refractivity (Wildman–Crippen MR) is 160 cm³/mol. The quantitative estimate of drug-likeness (QED) is 0.178. The van der Waals surface area contributed by atoms with E-state index in [0.717, 1.165) is 16.8 Å². The number of thioether (sulfide) groups is 1. The number of anilines is 2. The van der Waals surface area contributed by atoms with Gasteiger partial charge in [-0.1, -0.05) is 65.7 Å². The van der Waals surface area contributed by atoms with Crippen LogP contribution in [0, 0.1) is 10.1 Å². The Kier molecular flexibility index (Phi) is 6.58. The van der Waals surface area contributed by atoms with Crippen LogP contribution >= 0.6 is 35.0 Å². The van der Waals surface area contributed by atoms with E-state index in [2.05, 4.69) is 0 Å². The lowest BCUT2D eigenvalue weighted by atomic mass is 9.93. The van der Waals surface area contributed by atoms with Gasteiger partial charge in [0.2, 0.25) is 4.99 Å². The number of ketones is 1. The van der Waals surface area contributed by atoms with Gasteiger partial charge < -0.3 is 0 Å². The largest absolute Gasteiger partial charge is 0.292 e. The molecule has 0 aromatic heterocycles. The first-order chi connectivity index (χ1) is 19.3. The minimum Gasteiger partial charge on any atom is -0.292 e. The van der Waals surface area contributed by atoms with Crippen molar-refractivity contribution in [3.05, 3.63) is 134 Å². The van der Waals surface area contributed by atoms with Crippen LogP contribution in [0.15, 0.2) is 107 Å². The van der Waals surface area contributed by atoms with Gasteiger partial charge in [0.25, 0.3) is 5.69 Å². The molecule has 6 rings (SSSR count). The maximum absolute atomic E-state index is 12.8. The zero-order chi connectivity index (χ0) is 28.0. The van der Waals surface area contributed by atoms with E-state index in [1.54, 1.807) is 35.3 Å². The third-order valence-electron chi connectivity index (χ3n) is 6.53. The third kappa shape index (κ3) is 4.23. The molecule has 0 saturated carbocycles. The second-order valence-corrected chi connectivity index (χ2v) is 11.0. The van der Waals surface area contributed by atoms with Crippen molar-refractivity contribution in [2.45, 2.75) is 11.9 Å². The lowest BCUT2D eigenvalue weighted by Crippen LogP contribution is -2.54. The maximum atomic E-state index is 12.8. The molecule has 1 spiro atoms. The summed E-state index contributed by atoms with van der Waals surface area (Å²) in [6, 6.07) is 28.5.